The van der Waals surface area contributed by atoms with Crippen molar-refractivity contribution in [2.75, 3.05) is 20.2 Å². The summed E-state index contributed by atoms with van der Waals surface area (Å²) in [7, 11) is 1.62. The Labute approximate surface area is 171 Å². The van der Waals surface area contributed by atoms with Gasteiger partial charge in [-0.25, -0.2) is 4.98 Å². The molecule has 0 aliphatic carbocycles. The molecule has 158 valence electrons. The topological polar surface area (TPSA) is 95.5 Å². The molecule has 0 spiro atoms. The largest absolute Gasteiger partial charge is 0.494 e. The van der Waals surface area contributed by atoms with Crippen LogP contribution in [0.25, 0.3) is 11.0 Å². The number of H-pyrrole nitrogens is 1. The van der Waals surface area contributed by atoms with Crippen LogP contribution in [-0.4, -0.2) is 52.1 Å². The number of aromatic nitrogens is 2. The number of carboxylic acids is 1. The number of carboxylic acid groups (broad SMARTS) is 1. The molecule has 1 aromatic heterocycles. The zero-order valence-electron chi connectivity index (χ0n) is 17.7. The number of ether oxygens (including phenoxy) is 1. The van der Waals surface area contributed by atoms with Crippen molar-refractivity contribution in [1.82, 2.24) is 14.9 Å². The summed E-state index contributed by atoms with van der Waals surface area (Å²) in [5, 5.41) is 9.34. The smallest absolute Gasteiger partial charge is 0.303 e. The molecule has 7 heteroatoms. The van der Waals surface area contributed by atoms with E-state index in [9.17, 15) is 14.7 Å². The third-order valence-electron chi connectivity index (χ3n) is 5.56. The Balaban J connectivity index is 1.80. The molecule has 1 amide bonds. The van der Waals surface area contributed by atoms with Crippen molar-refractivity contribution in [2.24, 2.45) is 17.3 Å². The molecule has 0 saturated carbocycles. The second-order valence-corrected chi connectivity index (χ2v) is 9.23. The van der Waals surface area contributed by atoms with E-state index in [2.05, 4.69) is 30.7 Å². The Hall–Kier alpha value is -2.57. The second-order valence-electron chi connectivity index (χ2n) is 9.23. The maximum Gasteiger partial charge on any atom is 0.303 e. The van der Waals surface area contributed by atoms with Crippen LogP contribution in [-0.2, 0) is 16.0 Å². The van der Waals surface area contributed by atoms with Crippen molar-refractivity contribution in [3.63, 3.8) is 0 Å². The standard InChI is InChI=1S/C22H31N3O4/c1-22(2,3)12-19(26)25-9-8-14(11-20(27)28)15(13-25)10-18-23-16-6-5-7-17(29-4)21(16)24-18/h5-7,14-15H,8-13H2,1-4H3,(H,23,24)(H,27,28)/t14-,15-/m0/s1. The van der Waals surface area contributed by atoms with E-state index in [4.69, 9.17) is 4.74 Å². The molecule has 2 aromatic rings. The average Bonchev–Trinajstić information content (AvgIpc) is 3.03. The molecule has 1 aromatic carbocycles. The average molecular weight is 402 g/mol. The summed E-state index contributed by atoms with van der Waals surface area (Å²) >= 11 is 0. The molecule has 0 radical (unpaired) electrons. The number of piperidine rings is 1. The molecule has 0 bridgehead atoms. The van der Waals surface area contributed by atoms with Crippen LogP contribution in [0.2, 0.25) is 0 Å². The number of nitrogens with zero attached hydrogens (tertiary/aromatic N) is 2. The van der Waals surface area contributed by atoms with Crippen molar-refractivity contribution in [1.29, 1.82) is 0 Å². The lowest BCUT2D eigenvalue weighted by molar-refractivity contribution is -0.140. The number of nitrogens with one attached hydrogen (secondary N) is 1. The fourth-order valence-electron chi connectivity index (χ4n) is 4.16. The first kappa shape index (κ1) is 21.1. The maximum atomic E-state index is 12.7. The predicted octanol–water partition coefficient (Wildman–Crippen LogP) is 3.49. The van der Waals surface area contributed by atoms with Gasteiger partial charge in [0.1, 0.15) is 17.1 Å². The Kier molecular flexibility index (Phi) is 6.15. The van der Waals surface area contributed by atoms with Gasteiger partial charge in [0.2, 0.25) is 5.91 Å². The fraction of sp³-hybridized carbons (Fsp3) is 0.591. The number of likely N-dealkylation sites (tertiary alicyclic amines) is 1. The SMILES string of the molecule is COc1cccc2[nH]c(C[C@H]3CN(C(=O)CC(C)(C)C)CC[C@H]3CC(=O)O)nc12. The molecule has 2 heterocycles. The van der Waals surface area contributed by atoms with Gasteiger partial charge in [-0.3, -0.25) is 9.59 Å². The van der Waals surface area contributed by atoms with Crippen LogP contribution in [0.3, 0.4) is 0 Å². The zero-order valence-corrected chi connectivity index (χ0v) is 17.7. The number of fused-ring (bicyclic) bond motifs is 1. The van der Waals surface area contributed by atoms with Crippen LogP contribution in [0.5, 0.6) is 5.75 Å². The number of hydrogen-bond acceptors (Lipinski definition) is 4. The minimum Gasteiger partial charge on any atom is -0.494 e. The molecule has 1 aliphatic heterocycles. The highest BCUT2D eigenvalue weighted by atomic mass is 16.5. The number of methoxy groups -OCH3 is 1. The van der Waals surface area contributed by atoms with Gasteiger partial charge in [-0.2, -0.15) is 0 Å². The van der Waals surface area contributed by atoms with Crippen molar-refractivity contribution in [2.45, 2.75) is 46.5 Å². The van der Waals surface area contributed by atoms with E-state index in [-0.39, 0.29) is 29.6 Å². The monoisotopic (exact) mass is 401 g/mol. The lowest BCUT2D eigenvalue weighted by Crippen LogP contribution is -2.46. The number of aromatic amines is 1. The lowest BCUT2D eigenvalue weighted by atomic mass is 9.80. The highest BCUT2D eigenvalue weighted by molar-refractivity contribution is 5.81. The van der Waals surface area contributed by atoms with Gasteiger partial charge in [-0.05, 0) is 35.8 Å². The first-order valence-corrected chi connectivity index (χ1v) is 10.2. The number of para-hydroxylation sites is 1. The van der Waals surface area contributed by atoms with Gasteiger partial charge in [0.15, 0.2) is 0 Å². The summed E-state index contributed by atoms with van der Waals surface area (Å²) in [5.41, 5.74) is 1.60. The maximum absolute atomic E-state index is 12.7. The number of rotatable bonds is 6. The Morgan fingerprint density at radius 2 is 2.07 bits per heavy atom. The van der Waals surface area contributed by atoms with Crippen molar-refractivity contribution in [3.05, 3.63) is 24.0 Å². The Bertz CT molecular complexity index is 884. The molecular weight excluding hydrogens is 370 g/mol. The molecule has 29 heavy (non-hydrogen) atoms. The molecule has 0 unspecified atom stereocenters. The number of amides is 1. The minimum atomic E-state index is -0.791. The third kappa shape index (κ3) is 5.28. The van der Waals surface area contributed by atoms with E-state index in [1.165, 1.54) is 0 Å². The van der Waals surface area contributed by atoms with E-state index in [1.807, 2.05) is 23.1 Å². The van der Waals surface area contributed by atoms with Gasteiger partial charge in [0.05, 0.1) is 12.6 Å². The first-order valence-electron chi connectivity index (χ1n) is 10.2. The van der Waals surface area contributed by atoms with E-state index in [0.29, 0.717) is 38.1 Å². The minimum absolute atomic E-state index is 0.0290. The first-order chi connectivity index (χ1) is 13.7. The van der Waals surface area contributed by atoms with E-state index < -0.39 is 5.97 Å². The van der Waals surface area contributed by atoms with Crippen molar-refractivity contribution < 1.29 is 19.4 Å². The summed E-state index contributed by atoms with van der Waals surface area (Å²) in [5.74, 6) is 0.938. The summed E-state index contributed by atoms with van der Waals surface area (Å²) in [6, 6.07) is 5.72. The fourth-order valence-corrected chi connectivity index (χ4v) is 4.16. The van der Waals surface area contributed by atoms with E-state index in [1.54, 1.807) is 7.11 Å². The van der Waals surface area contributed by atoms with Gasteiger partial charge in [0, 0.05) is 32.4 Å². The van der Waals surface area contributed by atoms with Crippen LogP contribution in [0.1, 0.15) is 45.9 Å². The van der Waals surface area contributed by atoms with Crippen LogP contribution < -0.4 is 4.74 Å². The van der Waals surface area contributed by atoms with Gasteiger partial charge >= 0.3 is 5.97 Å². The van der Waals surface area contributed by atoms with E-state index in [0.717, 1.165) is 16.9 Å². The molecular formula is C22H31N3O4. The Morgan fingerprint density at radius 1 is 1.31 bits per heavy atom. The van der Waals surface area contributed by atoms with E-state index >= 15 is 0 Å². The van der Waals surface area contributed by atoms with Crippen LogP contribution in [0, 0.1) is 17.3 Å². The van der Waals surface area contributed by atoms with Crippen molar-refractivity contribution in [3.8, 4) is 5.75 Å². The number of benzene rings is 1. The highest BCUT2D eigenvalue weighted by Gasteiger charge is 2.34. The second kappa shape index (κ2) is 8.43. The molecule has 1 aliphatic rings. The predicted molar refractivity (Wildman–Crippen MR) is 111 cm³/mol. The van der Waals surface area contributed by atoms with Gasteiger partial charge in [0.25, 0.3) is 0 Å². The summed E-state index contributed by atoms with van der Waals surface area (Å²) < 4.78 is 5.39. The molecule has 7 nitrogen and oxygen atoms in total. The van der Waals surface area contributed by atoms with Crippen LogP contribution in [0.4, 0.5) is 0 Å². The summed E-state index contributed by atoms with van der Waals surface area (Å²) in [6.07, 6.45) is 1.92. The highest BCUT2D eigenvalue weighted by Crippen LogP contribution is 2.32. The zero-order chi connectivity index (χ0) is 21.2. The lowest BCUT2D eigenvalue weighted by Gasteiger charge is -2.39. The van der Waals surface area contributed by atoms with Gasteiger partial charge in [-0.15, -0.1) is 0 Å². The van der Waals surface area contributed by atoms with Gasteiger partial charge in [-0.1, -0.05) is 26.8 Å². The normalized spacial score (nSPS) is 20.1. The number of carbonyl (C=O) groups excluding carboxylic acids is 1. The van der Waals surface area contributed by atoms with Crippen LogP contribution >= 0.6 is 0 Å². The van der Waals surface area contributed by atoms with Crippen molar-refractivity contribution >= 4 is 22.9 Å². The molecule has 1 saturated heterocycles. The summed E-state index contributed by atoms with van der Waals surface area (Å²) in [4.78, 5) is 34.0. The Morgan fingerprint density at radius 3 is 2.72 bits per heavy atom. The number of aliphatic carboxylic acids is 1. The number of carbonyl (C=O) groups is 2. The third-order valence-corrected chi connectivity index (χ3v) is 5.56. The molecule has 3 rings (SSSR count). The molecule has 2 N–H and O–H groups in total. The number of imidazole rings is 1. The van der Waals surface area contributed by atoms with Crippen LogP contribution in [0.15, 0.2) is 18.2 Å². The number of hydrogen-bond donors (Lipinski definition) is 2. The summed E-state index contributed by atoms with van der Waals surface area (Å²) in [6.45, 7) is 7.36. The molecule has 2 atom stereocenters. The quantitative estimate of drug-likeness (QED) is 0.772. The molecule has 1 fully saturated rings. The van der Waals surface area contributed by atoms with Gasteiger partial charge < -0.3 is 19.7 Å².